The van der Waals surface area contributed by atoms with Crippen molar-refractivity contribution in [1.82, 2.24) is 0 Å². The van der Waals surface area contributed by atoms with E-state index in [4.69, 9.17) is 14.7 Å². The second kappa shape index (κ2) is 5.51. The van der Waals surface area contributed by atoms with Gasteiger partial charge in [0.25, 0.3) is 0 Å². The van der Waals surface area contributed by atoms with Gasteiger partial charge in [0.1, 0.15) is 5.76 Å². The van der Waals surface area contributed by atoms with Crippen LogP contribution in [0.5, 0.6) is 0 Å². The molecule has 1 heterocycles. The van der Waals surface area contributed by atoms with Gasteiger partial charge in [-0.15, -0.1) is 0 Å². The van der Waals surface area contributed by atoms with E-state index in [2.05, 4.69) is 0 Å². The Morgan fingerprint density at radius 3 is 2.67 bits per heavy atom. The average Bonchev–Trinajstić information content (AvgIpc) is 2.17. The number of carboxylic acid groups (broad SMARTS) is 2. The third kappa shape index (κ3) is 4.13. The monoisotopic (exact) mass is 230 g/mol. The van der Waals surface area contributed by atoms with Crippen molar-refractivity contribution in [3.8, 4) is 0 Å². The van der Waals surface area contributed by atoms with Crippen LogP contribution in [0.2, 0.25) is 0 Å². The fourth-order valence-electron chi connectivity index (χ4n) is 1.15. The van der Waals surface area contributed by atoms with Crippen molar-refractivity contribution in [2.75, 3.05) is 0 Å². The lowest BCUT2D eigenvalue weighted by molar-refractivity contribution is -0.148. The molecule has 0 amide bonds. The molecule has 0 saturated heterocycles. The quantitative estimate of drug-likeness (QED) is 0.700. The van der Waals surface area contributed by atoms with Crippen molar-refractivity contribution in [2.24, 2.45) is 5.92 Å². The minimum Gasteiger partial charge on any atom is -0.481 e. The number of hydrogen-bond donors (Lipinski definition) is 2. The second-order valence-electron chi connectivity index (χ2n) is 3.05. The van der Waals surface area contributed by atoms with E-state index in [0.29, 0.717) is 5.76 Å². The molecular formula is C9H11O5P. The SMILES string of the molecule is O=C(O)CC(CC1=CC=CPO1)C(=O)O. The lowest BCUT2D eigenvalue weighted by Gasteiger charge is -2.14. The van der Waals surface area contributed by atoms with Crippen LogP contribution in [0.4, 0.5) is 0 Å². The van der Waals surface area contributed by atoms with E-state index < -0.39 is 17.9 Å². The molecule has 0 saturated carbocycles. The normalized spacial score (nSPS) is 18.0. The maximum atomic E-state index is 10.7. The Hall–Kier alpha value is -1.35. The molecule has 1 rings (SSSR count). The van der Waals surface area contributed by atoms with E-state index in [0.717, 1.165) is 0 Å². The van der Waals surface area contributed by atoms with Crippen LogP contribution in [0.15, 0.2) is 23.7 Å². The number of aliphatic carboxylic acids is 2. The van der Waals surface area contributed by atoms with Gasteiger partial charge >= 0.3 is 11.9 Å². The summed E-state index contributed by atoms with van der Waals surface area (Å²) in [6, 6.07) is 0. The van der Waals surface area contributed by atoms with Gasteiger partial charge in [0, 0.05) is 6.42 Å². The van der Waals surface area contributed by atoms with Gasteiger partial charge in [0.05, 0.1) is 21.1 Å². The van der Waals surface area contributed by atoms with Crippen LogP contribution in [-0.4, -0.2) is 22.2 Å². The summed E-state index contributed by atoms with van der Waals surface area (Å²) in [6.07, 6.45) is 3.17. The van der Waals surface area contributed by atoms with Crippen molar-refractivity contribution < 1.29 is 24.3 Å². The van der Waals surface area contributed by atoms with Gasteiger partial charge in [-0.05, 0) is 11.9 Å². The third-order valence-electron chi connectivity index (χ3n) is 1.85. The summed E-state index contributed by atoms with van der Waals surface area (Å²) in [4.78, 5) is 21.2. The standard InChI is InChI=1S/C9H11O5P/c10-8(11)5-6(9(12)13)4-7-2-1-3-15-14-7/h1-3,6,15H,4-5H2,(H,10,11)(H,12,13). The van der Waals surface area contributed by atoms with E-state index in [-0.39, 0.29) is 21.6 Å². The lowest BCUT2D eigenvalue weighted by Crippen LogP contribution is -2.18. The van der Waals surface area contributed by atoms with E-state index in [1.165, 1.54) is 0 Å². The Kier molecular flexibility index (Phi) is 4.31. The first-order chi connectivity index (χ1) is 7.09. The van der Waals surface area contributed by atoms with Crippen molar-refractivity contribution in [2.45, 2.75) is 12.8 Å². The molecule has 1 aliphatic rings. The van der Waals surface area contributed by atoms with Crippen LogP contribution in [0, 0.1) is 5.92 Å². The number of rotatable bonds is 5. The first kappa shape index (κ1) is 11.7. The maximum Gasteiger partial charge on any atom is 0.307 e. The van der Waals surface area contributed by atoms with Gasteiger partial charge in [-0.25, -0.2) is 0 Å². The number of allylic oxidation sites excluding steroid dienone is 3. The zero-order valence-corrected chi connectivity index (χ0v) is 8.84. The van der Waals surface area contributed by atoms with Crippen molar-refractivity contribution >= 4 is 20.7 Å². The lowest BCUT2D eigenvalue weighted by atomic mass is 10.0. The Bertz CT molecular complexity index is 320. The molecule has 5 nitrogen and oxygen atoms in total. The fraction of sp³-hybridized carbons (Fsp3) is 0.333. The van der Waals surface area contributed by atoms with Crippen LogP contribution in [0.1, 0.15) is 12.8 Å². The zero-order chi connectivity index (χ0) is 11.3. The van der Waals surface area contributed by atoms with Crippen LogP contribution >= 0.6 is 8.81 Å². The number of carbonyl (C=O) groups is 2. The number of hydrogen-bond acceptors (Lipinski definition) is 3. The third-order valence-corrected chi connectivity index (χ3v) is 2.56. The second-order valence-corrected chi connectivity index (χ2v) is 3.82. The van der Waals surface area contributed by atoms with Crippen molar-refractivity contribution in [3.05, 3.63) is 23.7 Å². The fourth-order valence-corrected chi connectivity index (χ4v) is 1.69. The predicted octanol–water partition coefficient (Wildman–Crippen LogP) is 1.57. The molecule has 82 valence electrons. The first-order valence-electron chi connectivity index (χ1n) is 4.32. The molecule has 0 aromatic rings. The molecule has 0 radical (unpaired) electrons. The molecule has 0 aromatic carbocycles. The van der Waals surface area contributed by atoms with E-state index in [1.807, 2.05) is 5.82 Å². The smallest absolute Gasteiger partial charge is 0.307 e. The first-order valence-corrected chi connectivity index (χ1v) is 5.31. The van der Waals surface area contributed by atoms with E-state index >= 15 is 0 Å². The van der Waals surface area contributed by atoms with Gasteiger partial charge in [-0.2, -0.15) is 0 Å². The largest absolute Gasteiger partial charge is 0.481 e. The minimum atomic E-state index is -1.11. The highest BCUT2D eigenvalue weighted by molar-refractivity contribution is 7.36. The molecule has 2 unspecified atom stereocenters. The highest BCUT2D eigenvalue weighted by atomic mass is 31.1. The average molecular weight is 230 g/mol. The molecule has 1 aliphatic heterocycles. The molecule has 15 heavy (non-hydrogen) atoms. The van der Waals surface area contributed by atoms with Crippen LogP contribution in [-0.2, 0) is 14.1 Å². The van der Waals surface area contributed by atoms with Gasteiger partial charge in [-0.3, -0.25) is 9.59 Å². The van der Waals surface area contributed by atoms with Crippen LogP contribution in [0.3, 0.4) is 0 Å². The van der Waals surface area contributed by atoms with E-state index in [9.17, 15) is 9.59 Å². The molecule has 0 aromatic heterocycles. The van der Waals surface area contributed by atoms with E-state index in [1.54, 1.807) is 12.2 Å². The Morgan fingerprint density at radius 2 is 2.20 bits per heavy atom. The molecule has 6 heteroatoms. The minimum absolute atomic E-state index is 0.124. The summed E-state index contributed by atoms with van der Waals surface area (Å²) < 4.78 is 5.19. The van der Waals surface area contributed by atoms with Crippen LogP contribution < -0.4 is 0 Å². The molecule has 0 fully saturated rings. The van der Waals surface area contributed by atoms with Crippen molar-refractivity contribution in [1.29, 1.82) is 0 Å². The molecule has 2 atom stereocenters. The molecular weight excluding hydrogens is 219 g/mol. The molecule has 2 N–H and O–H groups in total. The van der Waals surface area contributed by atoms with Gasteiger partial charge in [0.15, 0.2) is 0 Å². The highest BCUT2D eigenvalue weighted by Crippen LogP contribution is 2.28. The van der Waals surface area contributed by atoms with Crippen LogP contribution in [0.25, 0.3) is 0 Å². The summed E-state index contributed by atoms with van der Waals surface area (Å²) >= 11 is 0. The molecule has 0 aliphatic carbocycles. The zero-order valence-electron chi connectivity index (χ0n) is 7.84. The van der Waals surface area contributed by atoms with Crippen molar-refractivity contribution in [3.63, 3.8) is 0 Å². The Balaban J connectivity index is 2.57. The molecule has 0 spiro atoms. The molecule has 0 bridgehead atoms. The summed E-state index contributed by atoms with van der Waals surface area (Å²) in [7, 11) is 0.182. The Labute approximate surface area is 88.3 Å². The summed E-state index contributed by atoms with van der Waals surface area (Å²) in [6.45, 7) is 0. The number of carboxylic acids is 2. The topological polar surface area (TPSA) is 83.8 Å². The van der Waals surface area contributed by atoms with Gasteiger partial charge in [0.2, 0.25) is 0 Å². The summed E-state index contributed by atoms with van der Waals surface area (Å²) in [5.41, 5.74) is 0. The van der Waals surface area contributed by atoms with Gasteiger partial charge < -0.3 is 14.7 Å². The predicted molar refractivity (Wildman–Crippen MR) is 54.6 cm³/mol. The van der Waals surface area contributed by atoms with Gasteiger partial charge in [-0.1, -0.05) is 6.08 Å². The summed E-state index contributed by atoms with van der Waals surface area (Å²) in [5, 5.41) is 17.3. The maximum absolute atomic E-state index is 10.7. The Morgan fingerprint density at radius 1 is 1.47 bits per heavy atom. The highest BCUT2D eigenvalue weighted by Gasteiger charge is 2.23. The summed E-state index contributed by atoms with van der Waals surface area (Å²) in [5.74, 6) is -0.803.